The zero-order valence-corrected chi connectivity index (χ0v) is 11.3. The van der Waals surface area contributed by atoms with Crippen LogP contribution in [0.5, 0.6) is 5.75 Å². The molecule has 0 saturated heterocycles. The average molecular weight is 337 g/mol. The van der Waals surface area contributed by atoms with E-state index in [0.717, 1.165) is 19.2 Å². The number of hydrogen-bond donors (Lipinski definition) is 2. The van der Waals surface area contributed by atoms with E-state index in [0.29, 0.717) is 0 Å². The Balaban J connectivity index is 3.43. The van der Waals surface area contributed by atoms with E-state index < -0.39 is 29.9 Å². The van der Waals surface area contributed by atoms with Gasteiger partial charge in [0.1, 0.15) is 5.75 Å². The van der Waals surface area contributed by atoms with Crippen LogP contribution in [-0.2, 0) is 0 Å². The monoisotopic (exact) mass is 336 g/mol. The highest BCUT2D eigenvalue weighted by atomic mass is 35.5. The van der Waals surface area contributed by atoms with E-state index in [1.807, 2.05) is 0 Å². The van der Waals surface area contributed by atoms with E-state index in [1.165, 1.54) is 6.07 Å². The van der Waals surface area contributed by atoms with Crippen LogP contribution >= 0.6 is 11.6 Å². The molecule has 0 aliphatic carbocycles. The Bertz CT molecular complexity index is 477. The first kappa shape index (κ1) is 17.9. The predicted molar refractivity (Wildman–Crippen MR) is 63.7 cm³/mol. The summed E-state index contributed by atoms with van der Waals surface area (Å²) in [7, 11) is 1.11. The first-order chi connectivity index (χ1) is 9.52. The highest BCUT2D eigenvalue weighted by Crippen LogP contribution is 2.47. The van der Waals surface area contributed by atoms with Gasteiger partial charge in [-0.2, -0.15) is 26.3 Å². The van der Waals surface area contributed by atoms with Crippen LogP contribution in [0.1, 0.15) is 11.6 Å². The molecule has 0 aliphatic rings. The van der Waals surface area contributed by atoms with E-state index in [4.69, 9.17) is 22.2 Å². The molecule has 0 aliphatic heterocycles. The first-order valence-electron chi connectivity index (χ1n) is 5.45. The van der Waals surface area contributed by atoms with Crippen molar-refractivity contribution in [2.24, 2.45) is 11.8 Å². The molecule has 0 heterocycles. The Hall–Kier alpha value is -1.19. The number of ether oxygens (including phenoxy) is 1. The van der Waals surface area contributed by atoms with Gasteiger partial charge in [-0.1, -0.05) is 11.6 Å². The predicted octanol–water partition coefficient (Wildman–Crippen LogP) is 3.59. The van der Waals surface area contributed by atoms with Crippen LogP contribution in [0.4, 0.5) is 26.3 Å². The summed E-state index contributed by atoms with van der Waals surface area (Å²) in [4.78, 5) is 0. The second-order valence-electron chi connectivity index (χ2n) is 4.09. The molecule has 1 atom stereocenters. The third-order valence-corrected chi connectivity index (χ3v) is 2.98. The molecular weight excluding hydrogens is 326 g/mol. The highest BCUT2D eigenvalue weighted by molar-refractivity contribution is 6.30. The van der Waals surface area contributed by atoms with Crippen LogP contribution in [-0.4, -0.2) is 19.5 Å². The van der Waals surface area contributed by atoms with E-state index >= 15 is 0 Å². The van der Waals surface area contributed by atoms with Crippen LogP contribution in [0.25, 0.3) is 0 Å². The van der Waals surface area contributed by atoms with Gasteiger partial charge in [0.15, 0.2) is 5.92 Å². The fourth-order valence-corrected chi connectivity index (χ4v) is 2.06. The molecule has 1 rings (SSSR count). The van der Waals surface area contributed by atoms with Gasteiger partial charge >= 0.3 is 12.4 Å². The zero-order chi connectivity index (χ0) is 16.4. The summed E-state index contributed by atoms with van der Waals surface area (Å²) in [5.74, 6) is 1.02. The van der Waals surface area contributed by atoms with Gasteiger partial charge in [0, 0.05) is 10.6 Å². The van der Waals surface area contributed by atoms with Crippen molar-refractivity contribution in [3.63, 3.8) is 0 Å². The van der Waals surface area contributed by atoms with Gasteiger partial charge in [0.2, 0.25) is 0 Å². The second-order valence-corrected chi connectivity index (χ2v) is 4.53. The average Bonchev–Trinajstić information content (AvgIpc) is 2.32. The van der Waals surface area contributed by atoms with Crippen LogP contribution in [0, 0.1) is 5.92 Å². The summed E-state index contributed by atoms with van der Waals surface area (Å²) in [6.45, 7) is 0. The Kier molecular flexibility index (Phi) is 5.35. The number of methoxy groups -OCH3 is 1. The largest absolute Gasteiger partial charge is 0.496 e. The van der Waals surface area contributed by atoms with Crippen molar-refractivity contribution in [2.75, 3.05) is 7.11 Å². The SMILES string of the molecule is COc1ccc(Cl)cc1C(NN)C(C(F)(F)F)C(F)(F)F. The summed E-state index contributed by atoms with van der Waals surface area (Å²) in [5.41, 5.74) is 1.12. The summed E-state index contributed by atoms with van der Waals surface area (Å²) in [6.07, 6.45) is -11.1. The molecule has 1 aromatic carbocycles. The lowest BCUT2D eigenvalue weighted by Gasteiger charge is -2.31. The number of benzene rings is 1. The topological polar surface area (TPSA) is 47.3 Å². The third kappa shape index (κ3) is 4.14. The summed E-state index contributed by atoms with van der Waals surface area (Å²) >= 11 is 5.62. The van der Waals surface area contributed by atoms with Crippen molar-refractivity contribution in [1.82, 2.24) is 5.43 Å². The van der Waals surface area contributed by atoms with Crippen LogP contribution < -0.4 is 16.0 Å². The molecule has 3 N–H and O–H groups in total. The lowest BCUT2D eigenvalue weighted by Crippen LogP contribution is -2.47. The lowest BCUT2D eigenvalue weighted by atomic mass is 9.91. The first-order valence-corrected chi connectivity index (χ1v) is 5.83. The van der Waals surface area contributed by atoms with Gasteiger partial charge in [-0.3, -0.25) is 11.3 Å². The zero-order valence-electron chi connectivity index (χ0n) is 10.5. The minimum absolute atomic E-state index is 0.0471. The fraction of sp³-hybridized carbons (Fsp3) is 0.455. The standard InChI is InChI=1S/C11H11ClF6N2O/c1-21-7-3-2-5(12)4-6(7)8(20-19)9(10(13,14)15)11(16,17)18/h2-4,8-9,20H,19H2,1H3. The number of halogens is 7. The van der Waals surface area contributed by atoms with Crippen molar-refractivity contribution >= 4 is 11.6 Å². The Labute approximate surface area is 121 Å². The van der Waals surface area contributed by atoms with Crippen molar-refractivity contribution in [2.45, 2.75) is 18.4 Å². The van der Waals surface area contributed by atoms with Gasteiger partial charge in [-0.25, -0.2) is 0 Å². The Morgan fingerprint density at radius 1 is 1.14 bits per heavy atom. The van der Waals surface area contributed by atoms with Crippen molar-refractivity contribution in [3.8, 4) is 5.75 Å². The summed E-state index contributed by atoms with van der Waals surface area (Å²) < 4.78 is 81.5. The maximum absolute atomic E-state index is 12.8. The minimum Gasteiger partial charge on any atom is -0.496 e. The van der Waals surface area contributed by atoms with E-state index in [1.54, 1.807) is 5.43 Å². The lowest BCUT2D eigenvalue weighted by molar-refractivity contribution is -0.293. The molecule has 3 nitrogen and oxygen atoms in total. The molecule has 0 aromatic heterocycles. The van der Waals surface area contributed by atoms with Crippen molar-refractivity contribution < 1.29 is 31.1 Å². The molecule has 0 bridgehead atoms. The normalized spacial score (nSPS) is 14.4. The van der Waals surface area contributed by atoms with Gasteiger partial charge in [0.05, 0.1) is 13.2 Å². The minimum atomic E-state index is -5.55. The molecule has 120 valence electrons. The summed E-state index contributed by atoms with van der Waals surface area (Å²) in [5, 5.41) is -0.0471. The molecule has 0 saturated carbocycles. The van der Waals surface area contributed by atoms with Crippen LogP contribution in [0.3, 0.4) is 0 Å². The van der Waals surface area contributed by atoms with Crippen molar-refractivity contribution in [3.05, 3.63) is 28.8 Å². The molecule has 1 unspecified atom stereocenters. The number of hydrogen-bond acceptors (Lipinski definition) is 3. The highest BCUT2D eigenvalue weighted by Gasteiger charge is 2.60. The molecule has 0 radical (unpaired) electrons. The Morgan fingerprint density at radius 3 is 2.05 bits per heavy atom. The number of nitrogens with one attached hydrogen (secondary N) is 1. The molecule has 10 heteroatoms. The fourth-order valence-electron chi connectivity index (χ4n) is 1.88. The van der Waals surface area contributed by atoms with Gasteiger partial charge < -0.3 is 4.74 Å². The maximum atomic E-state index is 12.8. The van der Waals surface area contributed by atoms with Gasteiger partial charge in [-0.15, -0.1) is 0 Å². The molecule has 0 amide bonds. The Morgan fingerprint density at radius 2 is 1.67 bits per heavy atom. The van der Waals surface area contributed by atoms with E-state index in [-0.39, 0.29) is 10.8 Å². The van der Waals surface area contributed by atoms with E-state index in [9.17, 15) is 26.3 Å². The molecule has 0 fully saturated rings. The quantitative estimate of drug-likeness (QED) is 0.502. The number of alkyl halides is 6. The molecule has 0 spiro atoms. The molecule has 1 aromatic rings. The second kappa shape index (κ2) is 6.29. The van der Waals surface area contributed by atoms with E-state index in [2.05, 4.69) is 0 Å². The van der Waals surface area contributed by atoms with Crippen LogP contribution in [0.2, 0.25) is 5.02 Å². The maximum Gasteiger partial charge on any atom is 0.402 e. The molecule has 21 heavy (non-hydrogen) atoms. The van der Waals surface area contributed by atoms with Crippen LogP contribution in [0.15, 0.2) is 18.2 Å². The number of rotatable bonds is 4. The smallest absolute Gasteiger partial charge is 0.402 e. The van der Waals surface area contributed by atoms with Gasteiger partial charge in [-0.05, 0) is 18.2 Å². The third-order valence-electron chi connectivity index (χ3n) is 2.74. The number of nitrogens with two attached hydrogens (primary N) is 1. The summed E-state index contributed by atoms with van der Waals surface area (Å²) in [6, 6.07) is 1.08. The number of hydrazine groups is 1. The molecular formula is C11H11ClF6N2O. The van der Waals surface area contributed by atoms with Crippen molar-refractivity contribution in [1.29, 1.82) is 0 Å². The van der Waals surface area contributed by atoms with Gasteiger partial charge in [0.25, 0.3) is 0 Å².